The molecule has 0 radical (unpaired) electrons. The van der Waals surface area contributed by atoms with Gasteiger partial charge >= 0.3 is 18.0 Å². The third-order valence-electron chi connectivity index (χ3n) is 4.86. The summed E-state index contributed by atoms with van der Waals surface area (Å²) in [5, 5.41) is 20.3. The number of carboxylic acid groups (broad SMARTS) is 2. The van der Waals surface area contributed by atoms with Gasteiger partial charge in [0.2, 0.25) is 6.79 Å². The topological polar surface area (TPSA) is 164 Å². The second-order valence-electron chi connectivity index (χ2n) is 6.77. The zero-order valence-corrected chi connectivity index (χ0v) is 15.2. The number of carboxylic acids is 2. The van der Waals surface area contributed by atoms with Gasteiger partial charge in [0.25, 0.3) is 0 Å². The van der Waals surface area contributed by atoms with Crippen LogP contribution in [0.3, 0.4) is 0 Å². The maximum absolute atomic E-state index is 12.2. The van der Waals surface area contributed by atoms with Gasteiger partial charge in [-0.1, -0.05) is 12.1 Å². The van der Waals surface area contributed by atoms with Crippen LogP contribution in [0.15, 0.2) is 36.4 Å². The van der Waals surface area contributed by atoms with Crippen LogP contribution in [0.1, 0.15) is 20.7 Å². The Morgan fingerprint density at radius 3 is 2.37 bits per heavy atom. The first-order valence-electron chi connectivity index (χ1n) is 8.71. The van der Waals surface area contributed by atoms with Crippen LogP contribution in [0.4, 0.5) is 0 Å². The summed E-state index contributed by atoms with van der Waals surface area (Å²) in [5.41, 5.74) is 11.2. The van der Waals surface area contributed by atoms with Gasteiger partial charge < -0.3 is 29.2 Å². The van der Waals surface area contributed by atoms with E-state index < -0.39 is 23.5 Å². The van der Waals surface area contributed by atoms with E-state index in [9.17, 15) is 19.8 Å². The van der Waals surface area contributed by atoms with Gasteiger partial charge in [-0.05, 0) is 35.2 Å². The molecule has 0 fully saturated rings. The monoisotopic (exact) mass is 410 g/mol. The molecule has 2 aliphatic heterocycles. The van der Waals surface area contributed by atoms with Gasteiger partial charge in [-0.2, -0.15) is 0 Å². The largest absolute Gasteiger partial charge is 0.478 e. The Morgan fingerprint density at radius 1 is 0.900 bits per heavy atom. The summed E-state index contributed by atoms with van der Waals surface area (Å²) in [4.78, 5) is 24.1. The summed E-state index contributed by atoms with van der Waals surface area (Å²) in [5.74, 6) is -1.61. The SMILES string of the molecule is NC1(N)Oc2ccc3cc(C(=O)O)c(C(=O)O)c(-c4ccc5c(c4)OCO5)c3c2O1. The van der Waals surface area contributed by atoms with Gasteiger partial charge in [0.1, 0.15) is 0 Å². The van der Waals surface area contributed by atoms with Crippen molar-refractivity contribution in [2.75, 3.05) is 6.79 Å². The minimum atomic E-state index is -1.95. The maximum atomic E-state index is 12.2. The number of hydrogen-bond acceptors (Lipinski definition) is 8. The number of aromatic carboxylic acids is 2. The summed E-state index contributed by atoms with van der Waals surface area (Å²) >= 11 is 0. The number of benzene rings is 3. The first-order chi connectivity index (χ1) is 14.2. The highest BCUT2D eigenvalue weighted by atomic mass is 16.8. The van der Waals surface area contributed by atoms with Gasteiger partial charge in [0.15, 0.2) is 23.0 Å². The van der Waals surface area contributed by atoms with Crippen LogP contribution in [0.5, 0.6) is 23.0 Å². The average molecular weight is 410 g/mol. The molecule has 2 aliphatic rings. The molecule has 0 atom stereocenters. The molecule has 0 aromatic heterocycles. The summed E-state index contributed by atoms with van der Waals surface area (Å²) < 4.78 is 21.6. The Labute approximate surface area is 168 Å². The number of fused-ring (bicyclic) bond motifs is 4. The lowest BCUT2D eigenvalue weighted by Gasteiger charge is -2.17. The van der Waals surface area contributed by atoms with Crippen molar-refractivity contribution in [1.82, 2.24) is 0 Å². The van der Waals surface area contributed by atoms with E-state index in [1.807, 2.05) is 0 Å². The van der Waals surface area contributed by atoms with Crippen molar-refractivity contribution in [3.63, 3.8) is 0 Å². The lowest BCUT2D eigenvalue weighted by atomic mass is 9.88. The van der Waals surface area contributed by atoms with Crippen LogP contribution < -0.4 is 30.4 Å². The van der Waals surface area contributed by atoms with E-state index in [-0.39, 0.29) is 29.4 Å². The highest BCUT2D eigenvalue weighted by Gasteiger charge is 2.37. The van der Waals surface area contributed by atoms with Gasteiger partial charge in [0, 0.05) is 10.9 Å². The zero-order valence-electron chi connectivity index (χ0n) is 15.2. The molecule has 0 saturated heterocycles. The van der Waals surface area contributed by atoms with Gasteiger partial charge in [-0.25, -0.2) is 21.1 Å². The van der Waals surface area contributed by atoms with Gasteiger partial charge in [-0.15, -0.1) is 0 Å². The molecular formula is C20H14N2O8. The van der Waals surface area contributed by atoms with Crippen LogP contribution in [0, 0.1) is 0 Å². The summed E-state index contributed by atoms with van der Waals surface area (Å²) in [6, 6.07) is 7.20. The second kappa shape index (κ2) is 5.99. The van der Waals surface area contributed by atoms with Crippen LogP contribution in [0.2, 0.25) is 0 Å². The molecule has 0 saturated carbocycles. The maximum Gasteiger partial charge on any atom is 0.376 e. The molecule has 10 nitrogen and oxygen atoms in total. The van der Waals surface area contributed by atoms with E-state index in [2.05, 4.69) is 0 Å². The van der Waals surface area contributed by atoms with Crippen molar-refractivity contribution < 1.29 is 38.7 Å². The van der Waals surface area contributed by atoms with E-state index in [0.29, 0.717) is 27.8 Å². The van der Waals surface area contributed by atoms with Crippen molar-refractivity contribution in [2.24, 2.45) is 11.5 Å². The van der Waals surface area contributed by atoms with E-state index in [1.165, 1.54) is 12.1 Å². The van der Waals surface area contributed by atoms with Crippen LogP contribution in [-0.4, -0.2) is 35.0 Å². The molecule has 0 aliphatic carbocycles. The Morgan fingerprint density at radius 2 is 1.63 bits per heavy atom. The molecule has 2 heterocycles. The van der Waals surface area contributed by atoms with Crippen molar-refractivity contribution in [3.8, 4) is 34.1 Å². The van der Waals surface area contributed by atoms with Crippen LogP contribution >= 0.6 is 0 Å². The molecule has 3 aromatic carbocycles. The molecule has 5 rings (SSSR count). The second-order valence-corrected chi connectivity index (χ2v) is 6.77. The molecule has 30 heavy (non-hydrogen) atoms. The number of nitrogens with two attached hydrogens (primary N) is 2. The molecule has 0 unspecified atom stereocenters. The number of ether oxygens (including phenoxy) is 4. The summed E-state index contributed by atoms with van der Waals surface area (Å²) in [6.45, 7) is 0.0235. The summed E-state index contributed by atoms with van der Waals surface area (Å²) in [7, 11) is 0. The number of rotatable bonds is 3. The molecule has 0 amide bonds. The third-order valence-corrected chi connectivity index (χ3v) is 4.86. The fourth-order valence-corrected chi connectivity index (χ4v) is 3.71. The number of hydrogen-bond donors (Lipinski definition) is 4. The Kier molecular flexibility index (Phi) is 3.60. The molecule has 0 bridgehead atoms. The normalized spacial score (nSPS) is 15.4. The van der Waals surface area contributed by atoms with Gasteiger partial charge in [0.05, 0.1) is 11.1 Å². The average Bonchev–Trinajstić information content (AvgIpc) is 3.27. The molecule has 10 heteroatoms. The van der Waals surface area contributed by atoms with Gasteiger partial charge in [-0.3, -0.25) is 0 Å². The smallest absolute Gasteiger partial charge is 0.376 e. The summed E-state index contributed by atoms with van der Waals surface area (Å²) in [6.07, 6.45) is 0. The molecule has 3 aromatic rings. The fraction of sp³-hybridized carbons (Fsp3) is 0.100. The van der Waals surface area contributed by atoms with Crippen molar-refractivity contribution in [1.29, 1.82) is 0 Å². The predicted molar refractivity (Wildman–Crippen MR) is 102 cm³/mol. The quantitative estimate of drug-likeness (QED) is 0.469. The zero-order chi connectivity index (χ0) is 21.2. The Balaban J connectivity index is 1.93. The van der Waals surface area contributed by atoms with E-state index in [0.717, 1.165) is 0 Å². The fourth-order valence-electron chi connectivity index (χ4n) is 3.71. The van der Waals surface area contributed by atoms with Crippen LogP contribution in [0.25, 0.3) is 21.9 Å². The predicted octanol–water partition coefficient (Wildman–Crippen LogP) is 1.93. The van der Waals surface area contributed by atoms with E-state index in [4.69, 9.17) is 30.4 Å². The lowest BCUT2D eigenvalue weighted by molar-refractivity contribution is -0.0666. The van der Waals surface area contributed by atoms with E-state index >= 15 is 0 Å². The molecular weight excluding hydrogens is 396 g/mol. The molecule has 6 N–H and O–H groups in total. The number of carbonyl (C=O) groups is 2. The van der Waals surface area contributed by atoms with Crippen molar-refractivity contribution in [2.45, 2.75) is 6.03 Å². The Bertz CT molecular complexity index is 1270. The first kappa shape index (κ1) is 18.0. The lowest BCUT2D eigenvalue weighted by Crippen LogP contribution is -2.56. The minimum absolute atomic E-state index is 0.0235. The first-order valence-corrected chi connectivity index (χ1v) is 8.71. The Hall–Kier alpha value is -4.02. The minimum Gasteiger partial charge on any atom is -0.478 e. The van der Waals surface area contributed by atoms with Crippen molar-refractivity contribution >= 4 is 22.7 Å². The highest BCUT2D eigenvalue weighted by molar-refractivity contribution is 6.16. The highest BCUT2D eigenvalue weighted by Crippen LogP contribution is 2.49. The third kappa shape index (κ3) is 2.59. The standard InChI is InChI=1S/C20H14N2O8/c21-20(22)29-12-4-2-8-5-10(18(23)24)16(19(25)26)14(15(8)17(12)30-20)9-1-3-11-13(6-9)28-7-27-11/h1-6H,7,21-22H2,(H,23,24)(H,25,26). The van der Waals surface area contributed by atoms with E-state index in [1.54, 1.807) is 24.3 Å². The van der Waals surface area contributed by atoms with Crippen LogP contribution in [-0.2, 0) is 0 Å². The molecule has 152 valence electrons. The molecule has 0 spiro atoms. The van der Waals surface area contributed by atoms with Crippen molar-refractivity contribution in [3.05, 3.63) is 47.5 Å².